The second-order valence-corrected chi connectivity index (χ2v) is 3.72. The van der Waals surface area contributed by atoms with Gasteiger partial charge in [0, 0.05) is 12.7 Å². The summed E-state index contributed by atoms with van der Waals surface area (Å²) in [6, 6.07) is 3.31. The Morgan fingerprint density at radius 3 is 3.00 bits per heavy atom. The topological polar surface area (TPSA) is 77.3 Å². The molecule has 1 aromatic rings. The van der Waals surface area contributed by atoms with Gasteiger partial charge in [0.1, 0.15) is 12.0 Å². The first-order chi connectivity index (χ1) is 7.75. The molecule has 16 heavy (non-hydrogen) atoms. The van der Waals surface area contributed by atoms with Gasteiger partial charge in [0.2, 0.25) is 0 Å². The van der Waals surface area contributed by atoms with Gasteiger partial charge in [-0.25, -0.2) is 4.98 Å². The molecule has 6 heteroatoms. The van der Waals surface area contributed by atoms with Crippen LogP contribution in [0.1, 0.15) is 12.8 Å². The molecule has 86 valence electrons. The fourth-order valence-electron chi connectivity index (χ4n) is 1.64. The molecule has 0 aliphatic carbocycles. The number of hydrogen-bond acceptors (Lipinski definition) is 5. The highest BCUT2D eigenvalue weighted by molar-refractivity contribution is 5.40. The Bertz CT molecular complexity index is 360. The molecule has 1 aromatic heterocycles. The molecule has 2 rings (SSSR count). The molecule has 6 nitrogen and oxygen atoms in total. The Morgan fingerprint density at radius 1 is 1.56 bits per heavy atom. The van der Waals surface area contributed by atoms with Crippen molar-refractivity contribution >= 4 is 11.5 Å². The van der Waals surface area contributed by atoms with E-state index < -0.39 is 4.92 Å². The van der Waals surface area contributed by atoms with Crippen molar-refractivity contribution in [3.05, 3.63) is 28.4 Å². The molecule has 0 aromatic carbocycles. The van der Waals surface area contributed by atoms with E-state index in [0.29, 0.717) is 12.4 Å². The molecule has 1 aliphatic rings. The summed E-state index contributed by atoms with van der Waals surface area (Å²) in [4.78, 5) is 14.0. The highest BCUT2D eigenvalue weighted by Gasteiger charge is 2.14. The smallest absolute Gasteiger partial charge is 0.287 e. The maximum atomic E-state index is 10.4. The van der Waals surface area contributed by atoms with Crippen molar-refractivity contribution in [1.29, 1.82) is 0 Å². The Kier molecular flexibility index (Phi) is 3.31. The molecule has 1 fully saturated rings. The molecule has 0 bridgehead atoms. The maximum Gasteiger partial charge on any atom is 0.287 e. The van der Waals surface area contributed by atoms with Crippen molar-refractivity contribution in [2.75, 3.05) is 18.5 Å². The van der Waals surface area contributed by atoms with Crippen molar-refractivity contribution in [3.63, 3.8) is 0 Å². The summed E-state index contributed by atoms with van der Waals surface area (Å²) in [7, 11) is 0. The zero-order chi connectivity index (χ0) is 11.4. The number of anilines is 1. The normalized spacial score (nSPS) is 20.4. The maximum absolute atomic E-state index is 10.4. The SMILES string of the molecule is O=[N+]([O-])c1ccc(NC2CCCOC2)nc1. The third-order valence-corrected chi connectivity index (χ3v) is 2.47. The summed E-state index contributed by atoms with van der Waals surface area (Å²) in [5, 5.41) is 13.6. The number of nitro groups is 1. The molecule has 1 atom stereocenters. The number of pyridine rings is 1. The van der Waals surface area contributed by atoms with Gasteiger partial charge < -0.3 is 10.1 Å². The van der Waals surface area contributed by atoms with Gasteiger partial charge in [-0.1, -0.05) is 0 Å². The van der Waals surface area contributed by atoms with Gasteiger partial charge in [0.15, 0.2) is 0 Å². The van der Waals surface area contributed by atoms with Crippen LogP contribution in [0.2, 0.25) is 0 Å². The van der Waals surface area contributed by atoms with Crippen LogP contribution in [0.25, 0.3) is 0 Å². The van der Waals surface area contributed by atoms with Gasteiger partial charge >= 0.3 is 0 Å². The lowest BCUT2D eigenvalue weighted by atomic mass is 10.1. The van der Waals surface area contributed by atoms with Crippen LogP contribution in [0.4, 0.5) is 11.5 Å². The van der Waals surface area contributed by atoms with E-state index in [-0.39, 0.29) is 11.7 Å². The number of aromatic nitrogens is 1. The fourth-order valence-corrected chi connectivity index (χ4v) is 1.64. The van der Waals surface area contributed by atoms with Crippen LogP contribution >= 0.6 is 0 Å². The van der Waals surface area contributed by atoms with E-state index in [1.807, 2.05) is 0 Å². The van der Waals surface area contributed by atoms with Gasteiger partial charge in [0.05, 0.1) is 17.6 Å². The summed E-state index contributed by atoms with van der Waals surface area (Å²) >= 11 is 0. The molecule has 0 amide bonds. The van der Waals surface area contributed by atoms with Crippen LogP contribution in [0.15, 0.2) is 18.3 Å². The summed E-state index contributed by atoms with van der Waals surface area (Å²) in [5.41, 5.74) is 0.00504. The molecule has 1 saturated heterocycles. The predicted octanol–water partition coefficient (Wildman–Crippen LogP) is 1.58. The Morgan fingerprint density at radius 2 is 2.44 bits per heavy atom. The Balaban J connectivity index is 1.96. The number of ether oxygens (including phenoxy) is 1. The van der Waals surface area contributed by atoms with E-state index in [9.17, 15) is 10.1 Å². The first-order valence-electron chi connectivity index (χ1n) is 5.20. The number of rotatable bonds is 3. The fraction of sp³-hybridized carbons (Fsp3) is 0.500. The first kappa shape index (κ1) is 10.8. The van der Waals surface area contributed by atoms with Gasteiger partial charge in [-0.2, -0.15) is 0 Å². The summed E-state index contributed by atoms with van der Waals surface area (Å²) in [5.74, 6) is 0.654. The summed E-state index contributed by atoms with van der Waals surface area (Å²) in [6.07, 6.45) is 3.33. The lowest BCUT2D eigenvalue weighted by Crippen LogP contribution is -2.30. The minimum absolute atomic E-state index is 0.00504. The Labute approximate surface area is 92.8 Å². The van der Waals surface area contributed by atoms with E-state index in [4.69, 9.17) is 4.74 Å². The van der Waals surface area contributed by atoms with Crippen LogP contribution in [0.5, 0.6) is 0 Å². The highest BCUT2D eigenvalue weighted by Crippen LogP contribution is 2.15. The van der Waals surface area contributed by atoms with Crippen molar-refractivity contribution in [2.24, 2.45) is 0 Å². The average Bonchev–Trinajstić information content (AvgIpc) is 2.31. The summed E-state index contributed by atoms with van der Waals surface area (Å²) in [6.45, 7) is 1.48. The van der Waals surface area contributed by atoms with Crippen molar-refractivity contribution in [2.45, 2.75) is 18.9 Å². The minimum Gasteiger partial charge on any atom is -0.379 e. The zero-order valence-electron chi connectivity index (χ0n) is 8.76. The lowest BCUT2D eigenvalue weighted by Gasteiger charge is -2.23. The van der Waals surface area contributed by atoms with Gasteiger partial charge in [0.25, 0.3) is 5.69 Å². The molecule has 1 N–H and O–H groups in total. The van der Waals surface area contributed by atoms with Crippen LogP contribution in [0, 0.1) is 10.1 Å². The molecule has 2 heterocycles. The van der Waals surface area contributed by atoms with Crippen LogP contribution < -0.4 is 5.32 Å². The van der Waals surface area contributed by atoms with E-state index in [2.05, 4.69) is 10.3 Å². The van der Waals surface area contributed by atoms with E-state index in [1.165, 1.54) is 12.3 Å². The molecule has 1 unspecified atom stereocenters. The monoisotopic (exact) mass is 223 g/mol. The van der Waals surface area contributed by atoms with Gasteiger partial charge in [-0.05, 0) is 18.9 Å². The largest absolute Gasteiger partial charge is 0.379 e. The predicted molar refractivity (Wildman–Crippen MR) is 58.4 cm³/mol. The van der Waals surface area contributed by atoms with Crippen LogP contribution in [0.3, 0.4) is 0 Å². The third kappa shape index (κ3) is 2.66. The van der Waals surface area contributed by atoms with Crippen LogP contribution in [-0.2, 0) is 4.74 Å². The van der Waals surface area contributed by atoms with E-state index in [0.717, 1.165) is 19.4 Å². The number of hydrogen-bond donors (Lipinski definition) is 1. The molecule has 1 aliphatic heterocycles. The second kappa shape index (κ2) is 4.89. The van der Waals surface area contributed by atoms with Crippen molar-refractivity contribution in [3.8, 4) is 0 Å². The standard InChI is InChI=1S/C10H13N3O3/c14-13(15)9-3-4-10(11-6-9)12-8-2-1-5-16-7-8/h3-4,6,8H,1-2,5,7H2,(H,11,12). The van der Waals surface area contributed by atoms with Crippen LogP contribution in [-0.4, -0.2) is 29.2 Å². The molecule has 0 saturated carbocycles. The Hall–Kier alpha value is -1.69. The molecule has 0 spiro atoms. The average molecular weight is 223 g/mol. The number of nitrogens with one attached hydrogen (secondary N) is 1. The van der Waals surface area contributed by atoms with E-state index >= 15 is 0 Å². The summed E-state index contributed by atoms with van der Waals surface area (Å²) < 4.78 is 5.32. The highest BCUT2D eigenvalue weighted by atomic mass is 16.6. The van der Waals surface area contributed by atoms with Gasteiger partial charge in [-0.15, -0.1) is 0 Å². The first-order valence-corrected chi connectivity index (χ1v) is 5.20. The zero-order valence-corrected chi connectivity index (χ0v) is 8.76. The lowest BCUT2D eigenvalue weighted by molar-refractivity contribution is -0.385. The van der Waals surface area contributed by atoms with Crippen molar-refractivity contribution in [1.82, 2.24) is 4.98 Å². The van der Waals surface area contributed by atoms with Crippen molar-refractivity contribution < 1.29 is 9.66 Å². The quantitative estimate of drug-likeness (QED) is 0.621. The number of nitrogens with zero attached hydrogens (tertiary/aromatic N) is 2. The van der Waals surface area contributed by atoms with Gasteiger partial charge in [-0.3, -0.25) is 10.1 Å². The molecular formula is C10H13N3O3. The molecular weight excluding hydrogens is 210 g/mol. The third-order valence-electron chi connectivity index (χ3n) is 2.47. The molecule has 0 radical (unpaired) electrons. The van der Waals surface area contributed by atoms with E-state index in [1.54, 1.807) is 6.07 Å². The minimum atomic E-state index is -0.458. The second-order valence-electron chi connectivity index (χ2n) is 3.72.